The molecule has 0 atom stereocenters. The summed E-state index contributed by atoms with van der Waals surface area (Å²) in [6.45, 7) is 8.91. The third-order valence-electron chi connectivity index (χ3n) is 2.82. The van der Waals surface area contributed by atoms with E-state index in [1.165, 1.54) is 0 Å². The molecule has 0 aromatic heterocycles. The van der Waals surface area contributed by atoms with Crippen molar-refractivity contribution in [3.63, 3.8) is 0 Å². The predicted octanol–water partition coefficient (Wildman–Crippen LogP) is 1.73. The molecular formula is C13H23NO3S. The summed E-state index contributed by atoms with van der Waals surface area (Å²) in [6, 6.07) is 0. The van der Waals surface area contributed by atoms with Crippen molar-refractivity contribution < 1.29 is 14.3 Å². The Kier molecular flexibility index (Phi) is 6.15. The highest BCUT2D eigenvalue weighted by atomic mass is 32.2. The summed E-state index contributed by atoms with van der Waals surface area (Å²) in [6.07, 6.45) is 0.502. The number of carbonyl (C=O) groups is 2. The van der Waals surface area contributed by atoms with Crippen LogP contribution in [0.4, 0.5) is 0 Å². The average Bonchev–Trinajstić information content (AvgIpc) is 2.25. The lowest BCUT2D eigenvalue weighted by atomic mass is 10.1. The van der Waals surface area contributed by atoms with Crippen LogP contribution in [0.3, 0.4) is 0 Å². The third-order valence-corrected chi connectivity index (χ3v) is 4.12. The number of Topliss-reactive ketones (excluding diaryl/α,β-unsaturated/α-hetero) is 1. The first-order chi connectivity index (χ1) is 8.43. The number of nitrogens with zero attached hydrogens (tertiary/aromatic N) is 1. The molecule has 18 heavy (non-hydrogen) atoms. The van der Waals surface area contributed by atoms with Gasteiger partial charge in [-0.15, -0.1) is 0 Å². The average molecular weight is 273 g/mol. The molecule has 0 N–H and O–H groups in total. The number of hydrogen-bond acceptors (Lipinski definition) is 5. The molecule has 1 heterocycles. The summed E-state index contributed by atoms with van der Waals surface area (Å²) in [7, 11) is 0. The first-order valence-corrected chi connectivity index (χ1v) is 7.45. The number of rotatable bonds is 6. The van der Waals surface area contributed by atoms with Crippen molar-refractivity contribution in [2.75, 3.05) is 32.0 Å². The lowest BCUT2D eigenvalue weighted by Crippen LogP contribution is -2.45. The Hall–Kier alpha value is -0.550. The van der Waals surface area contributed by atoms with Gasteiger partial charge in [0.1, 0.15) is 5.78 Å². The molecule has 1 rings (SSSR count). The van der Waals surface area contributed by atoms with Gasteiger partial charge in [-0.25, -0.2) is 0 Å². The van der Waals surface area contributed by atoms with Crippen molar-refractivity contribution in [2.24, 2.45) is 0 Å². The number of ether oxygens (including phenoxy) is 1. The van der Waals surface area contributed by atoms with Gasteiger partial charge >= 0.3 is 5.97 Å². The van der Waals surface area contributed by atoms with Gasteiger partial charge in [0.05, 0.1) is 19.6 Å². The van der Waals surface area contributed by atoms with Crippen LogP contribution in [0.1, 0.15) is 33.6 Å². The molecule has 0 spiro atoms. The molecule has 0 radical (unpaired) electrons. The van der Waals surface area contributed by atoms with Gasteiger partial charge in [0.2, 0.25) is 0 Å². The highest BCUT2D eigenvalue weighted by molar-refractivity contribution is 8.00. The zero-order chi connectivity index (χ0) is 13.6. The van der Waals surface area contributed by atoms with Crippen LogP contribution in [0.15, 0.2) is 0 Å². The van der Waals surface area contributed by atoms with Gasteiger partial charge < -0.3 is 4.74 Å². The topological polar surface area (TPSA) is 46.6 Å². The second kappa shape index (κ2) is 7.14. The second-order valence-corrected chi connectivity index (χ2v) is 6.96. The minimum atomic E-state index is -0.277. The Morgan fingerprint density at radius 1 is 1.33 bits per heavy atom. The van der Waals surface area contributed by atoms with E-state index in [0.29, 0.717) is 19.6 Å². The van der Waals surface area contributed by atoms with Gasteiger partial charge in [-0.3, -0.25) is 14.5 Å². The van der Waals surface area contributed by atoms with Gasteiger partial charge in [-0.1, -0.05) is 0 Å². The lowest BCUT2D eigenvalue weighted by molar-refractivity contribution is -0.144. The number of ketones is 1. The van der Waals surface area contributed by atoms with E-state index in [4.69, 9.17) is 4.74 Å². The minimum Gasteiger partial charge on any atom is -0.466 e. The molecule has 0 aromatic carbocycles. The Morgan fingerprint density at radius 3 is 2.67 bits per heavy atom. The maximum atomic E-state index is 11.8. The fourth-order valence-corrected chi connectivity index (χ4v) is 3.23. The van der Waals surface area contributed by atoms with Crippen molar-refractivity contribution in [3.05, 3.63) is 0 Å². The van der Waals surface area contributed by atoms with E-state index >= 15 is 0 Å². The fourth-order valence-electron chi connectivity index (χ4n) is 2.05. The SMILES string of the molecule is CCOC(=O)CCC(=O)CN1CCSC(C)(C)C1. The van der Waals surface area contributed by atoms with E-state index in [1.54, 1.807) is 6.92 Å². The van der Waals surface area contributed by atoms with E-state index in [-0.39, 0.29) is 22.9 Å². The van der Waals surface area contributed by atoms with Crippen LogP contribution in [-0.2, 0) is 14.3 Å². The molecule has 0 amide bonds. The molecule has 0 bridgehead atoms. The highest BCUT2D eigenvalue weighted by Gasteiger charge is 2.27. The Morgan fingerprint density at radius 2 is 2.06 bits per heavy atom. The Bertz CT molecular complexity index is 305. The number of esters is 1. The predicted molar refractivity (Wildman–Crippen MR) is 73.9 cm³/mol. The number of thioether (sulfide) groups is 1. The maximum absolute atomic E-state index is 11.8. The Labute approximate surface area is 113 Å². The summed E-state index contributed by atoms with van der Waals surface area (Å²) in [5, 5.41) is 0. The van der Waals surface area contributed by atoms with Gasteiger partial charge in [0, 0.05) is 30.0 Å². The van der Waals surface area contributed by atoms with Crippen molar-refractivity contribution in [2.45, 2.75) is 38.4 Å². The van der Waals surface area contributed by atoms with E-state index < -0.39 is 0 Å². The van der Waals surface area contributed by atoms with Crippen LogP contribution in [0, 0.1) is 0 Å². The number of hydrogen-bond donors (Lipinski definition) is 0. The molecule has 1 saturated heterocycles. The molecule has 1 aliphatic rings. The van der Waals surface area contributed by atoms with E-state index in [9.17, 15) is 9.59 Å². The van der Waals surface area contributed by atoms with Crippen molar-refractivity contribution in [3.8, 4) is 0 Å². The second-order valence-electron chi connectivity index (χ2n) is 5.16. The maximum Gasteiger partial charge on any atom is 0.306 e. The van der Waals surface area contributed by atoms with Crippen LogP contribution >= 0.6 is 11.8 Å². The van der Waals surface area contributed by atoms with Gasteiger partial charge in [0.25, 0.3) is 0 Å². The summed E-state index contributed by atoms with van der Waals surface area (Å²) in [5.41, 5.74) is 0. The molecule has 0 unspecified atom stereocenters. The summed E-state index contributed by atoms with van der Waals surface area (Å²) in [5.74, 6) is 0.921. The smallest absolute Gasteiger partial charge is 0.306 e. The van der Waals surface area contributed by atoms with Crippen LogP contribution in [0.25, 0.3) is 0 Å². The molecule has 1 fully saturated rings. The summed E-state index contributed by atoms with van der Waals surface area (Å²) in [4.78, 5) is 25.1. The standard InChI is InChI=1S/C13H23NO3S/c1-4-17-12(16)6-5-11(15)9-14-7-8-18-13(2,3)10-14/h4-10H2,1-3H3. The first kappa shape index (κ1) is 15.5. The summed E-state index contributed by atoms with van der Waals surface area (Å²) < 4.78 is 5.03. The molecule has 1 aliphatic heterocycles. The van der Waals surface area contributed by atoms with Gasteiger partial charge in [-0.05, 0) is 20.8 Å². The third kappa shape index (κ3) is 5.87. The van der Waals surface area contributed by atoms with E-state index in [2.05, 4.69) is 18.7 Å². The first-order valence-electron chi connectivity index (χ1n) is 6.46. The zero-order valence-corrected chi connectivity index (χ0v) is 12.3. The molecule has 0 aromatic rings. The zero-order valence-electron chi connectivity index (χ0n) is 11.5. The lowest BCUT2D eigenvalue weighted by Gasteiger charge is -2.37. The van der Waals surface area contributed by atoms with Crippen LogP contribution < -0.4 is 0 Å². The largest absolute Gasteiger partial charge is 0.466 e. The normalized spacial score (nSPS) is 19.5. The Balaban J connectivity index is 2.25. The minimum absolute atomic E-state index is 0.130. The van der Waals surface area contributed by atoms with Crippen LogP contribution in [0.5, 0.6) is 0 Å². The van der Waals surface area contributed by atoms with Crippen molar-refractivity contribution >= 4 is 23.5 Å². The van der Waals surface area contributed by atoms with Gasteiger partial charge in [0.15, 0.2) is 0 Å². The van der Waals surface area contributed by atoms with E-state index in [0.717, 1.165) is 18.8 Å². The highest BCUT2D eigenvalue weighted by Crippen LogP contribution is 2.29. The quantitative estimate of drug-likeness (QED) is 0.690. The number of carbonyl (C=O) groups excluding carboxylic acids is 2. The van der Waals surface area contributed by atoms with Gasteiger partial charge in [-0.2, -0.15) is 11.8 Å². The molecule has 104 valence electrons. The molecular weight excluding hydrogens is 250 g/mol. The molecule has 0 saturated carbocycles. The van der Waals surface area contributed by atoms with Crippen molar-refractivity contribution in [1.82, 2.24) is 4.90 Å². The molecule has 4 nitrogen and oxygen atoms in total. The monoisotopic (exact) mass is 273 g/mol. The molecule has 5 heteroatoms. The fraction of sp³-hybridized carbons (Fsp3) is 0.846. The van der Waals surface area contributed by atoms with Crippen LogP contribution in [0.2, 0.25) is 0 Å². The molecule has 0 aliphatic carbocycles. The summed E-state index contributed by atoms with van der Waals surface area (Å²) >= 11 is 1.95. The van der Waals surface area contributed by atoms with E-state index in [1.807, 2.05) is 11.8 Å². The van der Waals surface area contributed by atoms with Crippen molar-refractivity contribution in [1.29, 1.82) is 0 Å². The van der Waals surface area contributed by atoms with Crippen LogP contribution in [-0.4, -0.2) is 53.4 Å².